The summed E-state index contributed by atoms with van der Waals surface area (Å²) in [5.74, 6) is 0.158. The van der Waals surface area contributed by atoms with Crippen molar-refractivity contribution < 1.29 is 9.90 Å². The van der Waals surface area contributed by atoms with Gasteiger partial charge < -0.3 is 14.9 Å². The van der Waals surface area contributed by atoms with Gasteiger partial charge in [-0.25, -0.2) is 0 Å². The summed E-state index contributed by atoms with van der Waals surface area (Å²) < 4.78 is 0. The van der Waals surface area contributed by atoms with Crippen LogP contribution in [0.1, 0.15) is 28.8 Å². The first-order chi connectivity index (χ1) is 12.2. The molecular formula is C21H26N2O2. The smallest absolute Gasteiger partial charge is 0.254 e. The van der Waals surface area contributed by atoms with E-state index >= 15 is 0 Å². The molecule has 25 heavy (non-hydrogen) atoms. The minimum Gasteiger partial charge on any atom is -0.508 e. The number of hydrogen-bond acceptors (Lipinski definition) is 3. The quantitative estimate of drug-likeness (QED) is 0.911. The Morgan fingerprint density at radius 1 is 0.960 bits per heavy atom. The van der Waals surface area contributed by atoms with Gasteiger partial charge in [-0.05, 0) is 56.1 Å². The number of rotatable bonds is 5. The van der Waals surface area contributed by atoms with Crippen molar-refractivity contribution in [2.24, 2.45) is 0 Å². The first kappa shape index (κ1) is 17.5. The first-order valence-electron chi connectivity index (χ1n) is 9.07. The van der Waals surface area contributed by atoms with Crippen LogP contribution in [-0.2, 0) is 6.42 Å². The molecule has 2 aromatic rings. The fourth-order valence-corrected chi connectivity index (χ4v) is 3.37. The molecule has 4 nitrogen and oxygen atoms in total. The first-order valence-corrected chi connectivity index (χ1v) is 9.07. The highest BCUT2D eigenvalue weighted by Gasteiger charge is 2.20. The van der Waals surface area contributed by atoms with Gasteiger partial charge in [0.1, 0.15) is 5.75 Å². The van der Waals surface area contributed by atoms with Crippen molar-refractivity contribution in [2.75, 3.05) is 32.7 Å². The summed E-state index contributed by atoms with van der Waals surface area (Å²) in [6, 6.07) is 17.2. The van der Waals surface area contributed by atoms with Crippen molar-refractivity contribution in [3.8, 4) is 5.75 Å². The van der Waals surface area contributed by atoms with Crippen LogP contribution in [0.2, 0.25) is 0 Å². The van der Waals surface area contributed by atoms with Gasteiger partial charge in [-0.15, -0.1) is 0 Å². The standard InChI is InChI=1S/C21H26N2O2/c24-20-11-4-10-19(17-20)21(25)23-14-6-13-22(15-16-23)12-5-9-18-7-2-1-3-8-18/h1-4,7-8,10-11,17,24H,5-6,9,12-16H2. The van der Waals surface area contributed by atoms with Gasteiger partial charge in [-0.1, -0.05) is 36.4 Å². The summed E-state index contributed by atoms with van der Waals surface area (Å²) in [5.41, 5.74) is 1.95. The number of nitrogens with zero attached hydrogens (tertiary/aromatic N) is 2. The Hall–Kier alpha value is -2.33. The van der Waals surface area contributed by atoms with E-state index in [4.69, 9.17) is 0 Å². The maximum Gasteiger partial charge on any atom is 0.254 e. The number of carbonyl (C=O) groups excluding carboxylic acids is 1. The van der Waals surface area contributed by atoms with E-state index in [1.54, 1.807) is 24.3 Å². The van der Waals surface area contributed by atoms with E-state index in [0.29, 0.717) is 5.56 Å². The average Bonchev–Trinajstić information content (AvgIpc) is 2.88. The van der Waals surface area contributed by atoms with E-state index in [0.717, 1.165) is 52.0 Å². The predicted octanol–water partition coefficient (Wildman–Crippen LogP) is 3.17. The van der Waals surface area contributed by atoms with Crippen LogP contribution >= 0.6 is 0 Å². The highest BCUT2D eigenvalue weighted by Crippen LogP contribution is 2.15. The molecule has 1 heterocycles. The summed E-state index contributed by atoms with van der Waals surface area (Å²) in [6.45, 7) is 4.56. The van der Waals surface area contributed by atoms with Gasteiger partial charge in [0.2, 0.25) is 0 Å². The fraction of sp³-hybridized carbons (Fsp3) is 0.381. The molecule has 0 atom stereocenters. The van der Waals surface area contributed by atoms with E-state index in [-0.39, 0.29) is 11.7 Å². The van der Waals surface area contributed by atoms with Crippen molar-refractivity contribution in [3.63, 3.8) is 0 Å². The summed E-state index contributed by atoms with van der Waals surface area (Å²) in [6.07, 6.45) is 3.24. The normalized spacial score (nSPS) is 15.8. The lowest BCUT2D eigenvalue weighted by Gasteiger charge is -2.22. The lowest BCUT2D eigenvalue weighted by molar-refractivity contribution is 0.0761. The van der Waals surface area contributed by atoms with E-state index in [1.807, 2.05) is 4.90 Å². The summed E-state index contributed by atoms with van der Waals surface area (Å²) >= 11 is 0. The number of phenols is 1. The largest absolute Gasteiger partial charge is 0.508 e. The summed E-state index contributed by atoms with van der Waals surface area (Å²) in [7, 11) is 0. The third kappa shape index (κ3) is 5.07. The zero-order valence-electron chi connectivity index (χ0n) is 14.6. The van der Waals surface area contributed by atoms with Crippen LogP contribution in [0.3, 0.4) is 0 Å². The number of aryl methyl sites for hydroxylation is 1. The maximum atomic E-state index is 12.6. The van der Waals surface area contributed by atoms with Crippen LogP contribution < -0.4 is 0 Å². The zero-order valence-corrected chi connectivity index (χ0v) is 14.6. The molecule has 1 saturated heterocycles. The molecular weight excluding hydrogens is 312 g/mol. The molecule has 0 bridgehead atoms. The molecule has 1 N–H and O–H groups in total. The van der Waals surface area contributed by atoms with Gasteiger partial charge in [-0.3, -0.25) is 4.79 Å². The number of amides is 1. The number of carbonyl (C=O) groups is 1. The third-order valence-electron chi connectivity index (χ3n) is 4.75. The third-order valence-corrected chi connectivity index (χ3v) is 4.75. The predicted molar refractivity (Wildman–Crippen MR) is 99.8 cm³/mol. The lowest BCUT2D eigenvalue weighted by atomic mass is 10.1. The number of phenolic OH excluding ortho intramolecular Hbond substituents is 1. The van der Waals surface area contributed by atoms with Gasteiger partial charge in [0.25, 0.3) is 5.91 Å². The highest BCUT2D eigenvalue weighted by atomic mass is 16.3. The lowest BCUT2D eigenvalue weighted by Crippen LogP contribution is -2.35. The Morgan fingerprint density at radius 2 is 1.80 bits per heavy atom. The van der Waals surface area contributed by atoms with Gasteiger partial charge in [-0.2, -0.15) is 0 Å². The second-order valence-corrected chi connectivity index (χ2v) is 6.63. The molecule has 1 fully saturated rings. The minimum absolute atomic E-state index is 0.0158. The van der Waals surface area contributed by atoms with Crippen molar-refractivity contribution in [3.05, 3.63) is 65.7 Å². The summed E-state index contributed by atoms with van der Waals surface area (Å²) in [5, 5.41) is 9.57. The van der Waals surface area contributed by atoms with E-state index in [9.17, 15) is 9.90 Å². The second-order valence-electron chi connectivity index (χ2n) is 6.63. The van der Waals surface area contributed by atoms with Crippen LogP contribution in [0, 0.1) is 0 Å². The van der Waals surface area contributed by atoms with Crippen LogP contribution in [0.5, 0.6) is 5.75 Å². The van der Waals surface area contributed by atoms with Gasteiger partial charge in [0.15, 0.2) is 0 Å². The van der Waals surface area contributed by atoms with E-state index in [2.05, 4.69) is 35.2 Å². The molecule has 132 valence electrons. The molecule has 0 saturated carbocycles. The SMILES string of the molecule is O=C(c1cccc(O)c1)N1CCCN(CCCc2ccccc2)CC1. The number of hydrogen-bond donors (Lipinski definition) is 1. The maximum absolute atomic E-state index is 12.6. The van der Waals surface area contributed by atoms with Gasteiger partial charge in [0.05, 0.1) is 0 Å². The van der Waals surface area contributed by atoms with Crippen molar-refractivity contribution in [2.45, 2.75) is 19.3 Å². The number of benzene rings is 2. The molecule has 3 rings (SSSR count). The van der Waals surface area contributed by atoms with Gasteiger partial charge in [0, 0.05) is 25.2 Å². The Balaban J connectivity index is 1.48. The average molecular weight is 338 g/mol. The highest BCUT2D eigenvalue weighted by molar-refractivity contribution is 5.94. The van der Waals surface area contributed by atoms with Crippen molar-refractivity contribution in [1.82, 2.24) is 9.80 Å². The minimum atomic E-state index is 0.0158. The Bertz CT molecular complexity index is 687. The Labute approximate surface area is 149 Å². The molecule has 4 heteroatoms. The fourth-order valence-electron chi connectivity index (χ4n) is 3.37. The molecule has 1 amide bonds. The molecule has 0 aromatic heterocycles. The topological polar surface area (TPSA) is 43.8 Å². The van der Waals surface area contributed by atoms with Crippen molar-refractivity contribution >= 4 is 5.91 Å². The van der Waals surface area contributed by atoms with Crippen LogP contribution in [0.15, 0.2) is 54.6 Å². The zero-order chi connectivity index (χ0) is 17.5. The molecule has 0 unspecified atom stereocenters. The molecule has 1 aliphatic rings. The Morgan fingerprint density at radius 3 is 2.60 bits per heavy atom. The van der Waals surface area contributed by atoms with E-state index in [1.165, 1.54) is 5.56 Å². The monoisotopic (exact) mass is 338 g/mol. The molecule has 0 spiro atoms. The number of aromatic hydroxyl groups is 1. The molecule has 0 aliphatic carbocycles. The van der Waals surface area contributed by atoms with Gasteiger partial charge >= 0.3 is 0 Å². The second kappa shape index (κ2) is 8.67. The molecule has 0 radical (unpaired) electrons. The van der Waals surface area contributed by atoms with Crippen molar-refractivity contribution in [1.29, 1.82) is 0 Å². The molecule has 2 aromatic carbocycles. The summed E-state index contributed by atoms with van der Waals surface area (Å²) in [4.78, 5) is 17.0. The Kier molecular flexibility index (Phi) is 6.07. The van der Waals surface area contributed by atoms with Crippen LogP contribution in [0.4, 0.5) is 0 Å². The van der Waals surface area contributed by atoms with Crippen LogP contribution in [0.25, 0.3) is 0 Å². The van der Waals surface area contributed by atoms with E-state index < -0.39 is 0 Å². The molecule has 1 aliphatic heterocycles. The van der Waals surface area contributed by atoms with Crippen LogP contribution in [-0.4, -0.2) is 53.5 Å².